The highest BCUT2D eigenvalue weighted by molar-refractivity contribution is 9.09. The number of nitrogens with zero attached hydrogens (tertiary/aromatic N) is 1. The van der Waals surface area contributed by atoms with E-state index in [0.717, 1.165) is 4.31 Å². The van der Waals surface area contributed by atoms with E-state index >= 15 is 0 Å². The summed E-state index contributed by atoms with van der Waals surface area (Å²) >= 11 is 3.02. The van der Waals surface area contributed by atoms with E-state index in [1.807, 2.05) is 0 Å². The van der Waals surface area contributed by atoms with Crippen LogP contribution in [0.4, 0.5) is 8.78 Å². The summed E-state index contributed by atoms with van der Waals surface area (Å²) in [6, 6.07) is 0. The number of hydrogen-bond acceptors (Lipinski definition) is 3. The molecule has 0 aliphatic rings. The molecule has 0 spiro atoms. The molecule has 0 saturated heterocycles. The van der Waals surface area contributed by atoms with Crippen LogP contribution in [0.25, 0.3) is 0 Å². The second kappa shape index (κ2) is 7.48. The number of halogens is 3. The van der Waals surface area contributed by atoms with Gasteiger partial charge in [-0.1, -0.05) is 15.9 Å². The van der Waals surface area contributed by atoms with Gasteiger partial charge in [0.25, 0.3) is 6.43 Å². The minimum atomic E-state index is -3.64. The summed E-state index contributed by atoms with van der Waals surface area (Å²) in [5, 5.41) is 0.325. The van der Waals surface area contributed by atoms with Crippen LogP contribution in [0.3, 0.4) is 0 Å². The molecule has 0 radical (unpaired) electrons. The first-order valence-corrected chi connectivity index (χ1v) is 6.98. The minimum Gasteiger partial charge on any atom is -0.384 e. The summed E-state index contributed by atoms with van der Waals surface area (Å²) in [5.41, 5.74) is 0. The Hall–Kier alpha value is 0.210. The van der Waals surface area contributed by atoms with Gasteiger partial charge < -0.3 is 4.74 Å². The van der Waals surface area contributed by atoms with Gasteiger partial charge in [-0.25, -0.2) is 17.2 Å². The van der Waals surface area contributed by atoms with Gasteiger partial charge in [0, 0.05) is 19.0 Å². The van der Waals surface area contributed by atoms with Crippen LogP contribution in [0.5, 0.6) is 0 Å². The van der Waals surface area contributed by atoms with Crippen LogP contribution < -0.4 is 0 Å². The third-order valence-electron chi connectivity index (χ3n) is 1.61. The molecule has 0 aromatic carbocycles. The maximum absolute atomic E-state index is 12.1. The Morgan fingerprint density at radius 1 is 1.47 bits per heavy atom. The van der Waals surface area contributed by atoms with Gasteiger partial charge >= 0.3 is 0 Å². The summed E-state index contributed by atoms with van der Waals surface area (Å²) in [6.07, 6.45) is -2.67. The van der Waals surface area contributed by atoms with Gasteiger partial charge in [0.05, 0.1) is 18.9 Å². The molecule has 92 valence electrons. The number of hydrogen-bond donors (Lipinski definition) is 0. The van der Waals surface area contributed by atoms with Gasteiger partial charge in [0.15, 0.2) is 0 Å². The maximum Gasteiger partial charge on any atom is 0.252 e. The first kappa shape index (κ1) is 15.2. The quantitative estimate of drug-likeness (QED) is 0.627. The molecule has 0 N–H and O–H groups in total. The molecule has 4 nitrogen and oxygen atoms in total. The lowest BCUT2D eigenvalue weighted by atomic mass is 10.6. The van der Waals surface area contributed by atoms with E-state index in [9.17, 15) is 17.2 Å². The average Bonchev–Trinajstić information content (AvgIpc) is 2.13. The van der Waals surface area contributed by atoms with E-state index in [-0.39, 0.29) is 18.9 Å². The Morgan fingerprint density at radius 3 is 2.47 bits per heavy atom. The first-order valence-electron chi connectivity index (χ1n) is 4.25. The third kappa shape index (κ3) is 6.39. The molecule has 0 aliphatic heterocycles. The minimum absolute atomic E-state index is 0.00432. The Labute approximate surface area is 96.8 Å². The molecular formula is C7H14BrF2NO3S. The van der Waals surface area contributed by atoms with E-state index in [1.165, 1.54) is 7.11 Å². The third-order valence-corrected chi connectivity index (χ3v) is 3.77. The van der Waals surface area contributed by atoms with Gasteiger partial charge in [-0.15, -0.1) is 0 Å². The van der Waals surface area contributed by atoms with Crippen molar-refractivity contribution in [2.75, 3.05) is 37.9 Å². The highest BCUT2D eigenvalue weighted by Crippen LogP contribution is 2.06. The predicted molar refractivity (Wildman–Crippen MR) is 57.0 cm³/mol. The highest BCUT2D eigenvalue weighted by atomic mass is 79.9. The first-order chi connectivity index (χ1) is 6.94. The molecule has 0 aromatic rings. The summed E-state index contributed by atoms with van der Waals surface area (Å²) in [7, 11) is -2.28. The van der Waals surface area contributed by atoms with Crippen LogP contribution in [0.15, 0.2) is 0 Å². The summed E-state index contributed by atoms with van der Waals surface area (Å²) in [6.45, 7) is -0.724. The summed E-state index contributed by atoms with van der Waals surface area (Å²) in [4.78, 5) is 0. The molecule has 0 fully saturated rings. The zero-order chi connectivity index (χ0) is 11.9. The van der Waals surface area contributed by atoms with Gasteiger partial charge in [-0.3, -0.25) is 0 Å². The van der Waals surface area contributed by atoms with Crippen molar-refractivity contribution in [1.29, 1.82) is 0 Å². The Balaban J connectivity index is 4.44. The standard InChI is InChI=1S/C7H14BrF2NO3S/c1-14-4-5-15(12,13)11(3-2-8)6-7(9)10/h7H,2-6H2,1H3. The topological polar surface area (TPSA) is 46.6 Å². The van der Waals surface area contributed by atoms with Crippen molar-refractivity contribution in [2.45, 2.75) is 6.43 Å². The van der Waals surface area contributed by atoms with Crippen molar-refractivity contribution in [3.05, 3.63) is 0 Å². The zero-order valence-electron chi connectivity index (χ0n) is 8.33. The van der Waals surface area contributed by atoms with Gasteiger partial charge in [-0.2, -0.15) is 4.31 Å². The fourth-order valence-corrected chi connectivity index (χ4v) is 2.92. The lowest BCUT2D eigenvalue weighted by Crippen LogP contribution is -2.38. The molecule has 8 heteroatoms. The molecule has 0 saturated carbocycles. The molecular weight excluding hydrogens is 296 g/mol. The molecule has 15 heavy (non-hydrogen) atoms. The molecule has 0 bridgehead atoms. The van der Waals surface area contributed by atoms with Gasteiger partial charge in [-0.05, 0) is 0 Å². The van der Waals surface area contributed by atoms with Crippen LogP contribution >= 0.6 is 15.9 Å². The fourth-order valence-electron chi connectivity index (χ4n) is 0.910. The molecule has 0 rings (SSSR count). The fraction of sp³-hybridized carbons (Fsp3) is 1.00. The molecule has 0 atom stereocenters. The second-order valence-electron chi connectivity index (χ2n) is 2.75. The van der Waals surface area contributed by atoms with Crippen molar-refractivity contribution in [3.8, 4) is 0 Å². The lowest BCUT2D eigenvalue weighted by Gasteiger charge is -2.20. The maximum atomic E-state index is 12.1. The van der Waals surface area contributed by atoms with E-state index in [4.69, 9.17) is 0 Å². The Morgan fingerprint density at radius 2 is 2.07 bits per heavy atom. The van der Waals surface area contributed by atoms with E-state index in [2.05, 4.69) is 20.7 Å². The van der Waals surface area contributed by atoms with E-state index < -0.39 is 23.0 Å². The second-order valence-corrected chi connectivity index (χ2v) is 5.63. The number of alkyl halides is 3. The normalized spacial score (nSPS) is 12.7. The summed E-state index contributed by atoms with van der Waals surface area (Å²) in [5.74, 6) is -0.275. The van der Waals surface area contributed by atoms with Crippen LogP contribution in [0.1, 0.15) is 0 Å². The van der Waals surface area contributed by atoms with Gasteiger partial charge in [0.1, 0.15) is 0 Å². The van der Waals surface area contributed by atoms with Gasteiger partial charge in [0.2, 0.25) is 10.0 Å². The average molecular weight is 310 g/mol. The number of ether oxygens (including phenoxy) is 1. The van der Waals surface area contributed by atoms with Crippen molar-refractivity contribution in [1.82, 2.24) is 4.31 Å². The smallest absolute Gasteiger partial charge is 0.252 e. The molecule has 0 amide bonds. The van der Waals surface area contributed by atoms with Crippen molar-refractivity contribution < 1.29 is 21.9 Å². The zero-order valence-corrected chi connectivity index (χ0v) is 10.7. The largest absolute Gasteiger partial charge is 0.384 e. The van der Waals surface area contributed by atoms with Crippen LogP contribution in [-0.2, 0) is 14.8 Å². The van der Waals surface area contributed by atoms with Crippen LogP contribution in [0.2, 0.25) is 0 Å². The van der Waals surface area contributed by atoms with Crippen LogP contribution in [-0.4, -0.2) is 57.0 Å². The van der Waals surface area contributed by atoms with Crippen LogP contribution in [0, 0.1) is 0 Å². The summed E-state index contributed by atoms with van der Waals surface area (Å²) < 4.78 is 52.6. The predicted octanol–water partition coefficient (Wildman–Crippen LogP) is 0.925. The van der Waals surface area contributed by atoms with E-state index in [0.29, 0.717) is 5.33 Å². The number of methoxy groups -OCH3 is 1. The molecule has 0 unspecified atom stereocenters. The monoisotopic (exact) mass is 309 g/mol. The Bertz CT molecular complexity index is 261. The lowest BCUT2D eigenvalue weighted by molar-refractivity contribution is 0.121. The van der Waals surface area contributed by atoms with Crippen molar-refractivity contribution >= 4 is 26.0 Å². The van der Waals surface area contributed by atoms with Crippen molar-refractivity contribution in [2.24, 2.45) is 0 Å². The molecule has 0 heterocycles. The molecule has 0 aliphatic carbocycles. The number of rotatable bonds is 8. The molecule has 0 aromatic heterocycles. The SMILES string of the molecule is COCCS(=O)(=O)N(CCBr)CC(F)F. The Kier molecular flexibility index (Phi) is 7.58. The number of sulfonamides is 1. The highest BCUT2D eigenvalue weighted by Gasteiger charge is 2.24. The van der Waals surface area contributed by atoms with Crippen molar-refractivity contribution in [3.63, 3.8) is 0 Å². The van der Waals surface area contributed by atoms with E-state index in [1.54, 1.807) is 0 Å².